The Balaban J connectivity index is 2.44. The highest BCUT2D eigenvalue weighted by molar-refractivity contribution is 7.19. The van der Waals surface area contributed by atoms with E-state index in [0.29, 0.717) is 11.4 Å². The molecule has 0 aliphatic carbocycles. The molecule has 17 heavy (non-hydrogen) atoms. The molecule has 0 fully saturated rings. The summed E-state index contributed by atoms with van der Waals surface area (Å²) in [5.74, 6) is 0.622. The number of nitrogens with one attached hydrogen (secondary N) is 1. The van der Waals surface area contributed by atoms with Crippen molar-refractivity contribution in [1.29, 1.82) is 5.26 Å². The van der Waals surface area contributed by atoms with Gasteiger partial charge in [0.1, 0.15) is 11.9 Å². The van der Waals surface area contributed by atoms with Gasteiger partial charge >= 0.3 is 0 Å². The monoisotopic (exact) mass is 263 g/mol. The SMILES string of the molecule is CCNc1nc(-c2ccc(Cl)s2)ccc1C#N. The number of rotatable bonds is 3. The summed E-state index contributed by atoms with van der Waals surface area (Å²) in [4.78, 5) is 5.43. The zero-order valence-electron chi connectivity index (χ0n) is 9.20. The van der Waals surface area contributed by atoms with Crippen LogP contribution in [0.5, 0.6) is 0 Å². The second kappa shape index (κ2) is 5.17. The molecule has 1 N–H and O–H groups in total. The van der Waals surface area contributed by atoms with E-state index in [0.717, 1.165) is 21.5 Å². The average molecular weight is 264 g/mol. The number of nitrogens with zero attached hydrogens (tertiary/aromatic N) is 2. The average Bonchev–Trinajstić information content (AvgIpc) is 2.76. The number of nitriles is 1. The molecule has 0 unspecified atom stereocenters. The van der Waals surface area contributed by atoms with Gasteiger partial charge in [0.25, 0.3) is 0 Å². The summed E-state index contributed by atoms with van der Waals surface area (Å²) in [6, 6.07) is 9.49. The Bertz CT molecular complexity index is 571. The van der Waals surface area contributed by atoms with Crippen molar-refractivity contribution in [2.24, 2.45) is 0 Å². The first kappa shape index (κ1) is 11.9. The molecule has 2 aromatic rings. The summed E-state index contributed by atoms with van der Waals surface area (Å²) in [5.41, 5.74) is 1.38. The van der Waals surface area contributed by atoms with Crippen LogP contribution in [0.15, 0.2) is 24.3 Å². The zero-order chi connectivity index (χ0) is 12.3. The van der Waals surface area contributed by atoms with Gasteiger partial charge in [-0.2, -0.15) is 5.26 Å². The van der Waals surface area contributed by atoms with Crippen LogP contribution in [0.1, 0.15) is 12.5 Å². The Hall–Kier alpha value is -1.57. The molecular weight excluding hydrogens is 254 g/mol. The Morgan fingerprint density at radius 1 is 1.41 bits per heavy atom. The van der Waals surface area contributed by atoms with Crippen LogP contribution in [0, 0.1) is 11.3 Å². The number of halogens is 1. The molecule has 0 radical (unpaired) electrons. The standard InChI is InChI=1S/C12H10ClN3S/c1-2-15-12-8(7-14)3-4-9(16-12)10-5-6-11(13)17-10/h3-6H,2H2,1H3,(H,15,16). The van der Waals surface area contributed by atoms with E-state index in [1.54, 1.807) is 6.07 Å². The molecule has 3 nitrogen and oxygen atoms in total. The van der Waals surface area contributed by atoms with E-state index in [1.165, 1.54) is 11.3 Å². The van der Waals surface area contributed by atoms with Gasteiger partial charge in [0.05, 0.1) is 20.5 Å². The third-order valence-corrected chi connectivity index (χ3v) is 3.44. The summed E-state index contributed by atoms with van der Waals surface area (Å²) >= 11 is 7.37. The van der Waals surface area contributed by atoms with Gasteiger partial charge in [0.2, 0.25) is 0 Å². The number of anilines is 1. The van der Waals surface area contributed by atoms with Crippen LogP contribution < -0.4 is 5.32 Å². The lowest BCUT2D eigenvalue weighted by Gasteiger charge is -2.06. The molecule has 0 aliphatic rings. The van der Waals surface area contributed by atoms with Crippen LogP contribution in [0.25, 0.3) is 10.6 Å². The largest absolute Gasteiger partial charge is 0.369 e. The topological polar surface area (TPSA) is 48.7 Å². The number of hydrogen-bond acceptors (Lipinski definition) is 4. The van der Waals surface area contributed by atoms with Gasteiger partial charge in [0.15, 0.2) is 0 Å². The molecule has 0 aromatic carbocycles. The Kier molecular flexibility index (Phi) is 3.62. The van der Waals surface area contributed by atoms with Crippen LogP contribution in [0.3, 0.4) is 0 Å². The van der Waals surface area contributed by atoms with Crippen LogP contribution in [0.2, 0.25) is 4.34 Å². The van der Waals surface area contributed by atoms with E-state index in [4.69, 9.17) is 16.9 Å². The number of aromatic nitrogens is 1. The molecular formula is C12H10ClN3S. The second-order valence-corrected chi connectivity index (χ2v) is 5.05. The molecule has 5 heteroatoms. The maximum atomic E-state index is 8.96. The molecule has 0 bridgehead atoms. The molecule has 2 rings (SSSR count). The minimum absolute atomic E-state index is 0.554. The fourth-order valence-electron chi connectivity index (χ4n) is 1.44. The minimum atomic E-state index is 0.554. The first-order chi connectivity index (χ1) is 8.24. The van der Waals surface area contributed by atoms with Crippen molar-refractivity contribution in [2.45, 2.75) is 6.92 Å². The third-order valence-electron chi connectivity index (χ3n) is 2.19. The van der Waals surface area contributed by atoms with Gasteiger partial charge < -0.3 is 5.32 Å². The smallest absolute Gasteiger partial charge is 0.144 e. The lowest BCUT2D eigenvalue weighted by molar-refractivity contribution is 1.15. The van der Waals surface area contributed by atoms with Gasteiger partial charge in [-0.25, -0.2) is 4.98 Å². The molecule has 0 spiro atoms. The molecule has 0 amide bonds. The number of thiophene rings is 1. The van der Waals surface area contributed by atoms with E-state index < -0.39 is 0 Å². The minimum Gasteiger partial charge on any atom is -0.369 e. The summed E-state index contributed by atoms with van der Waals surface area (Å²) in [6.45, 7) is 2.70. The predicted molar refractivity (Wildman–Crippen MR) is 71.4 cm³/mol. The van der Waals surface area contributed by atoms with Gasteiger partial charge in [-0.3, -0.25) is 0 Å². The molecule has 0 saturated heterocycles. The van der Waals surface area contributed by atoms with Crippen molar-refractivity contribution in [3.63, 3.8) is 0 Å². The van der Waals surface area contributed by atoms with Crippen LogP contribution in [-0.2, 0) is 0 Å². The lowest BCUT2D eigenvalue weighted by atomic mass is 10.2. The highest BCUT2D eigenvalue weighted by atomic mass is 35.5. The van der Waals surface area contributed by atoms with Crippen molar-refractivity contribution >= 4 is 28.8 Å². The normalized spacial score (nSPS) is 9.94. The van der Waals surface area contributed by atoms with E-state index in [2.05, 4.69) is 16.4 Å². The first-order valence-corrected chi connectivity index (χ1v) is 6.34. The molecule has 2 heterocycles. The summed E-state index contributed by atoms with van der Waals surface area (Å²) in [7, 11) is 0. The molecule has 0 atom stereocenters. The van der Waals surface area contributed by atoms with Crippen molar-refractivity contribution in [2.75, 3.05) is 11.9 Å². The van der Waals surface area contributed by atoms with Crippen LogP contribution in [-0.4, -0.2) is 11.5 Å². The number of hydrogen-bond donors (Lipinski definition) is 1. The molecule has 86 valence electrons. The van der Waals surface area contributed by atoms with Crippen LogP contribution in [0.4, 0.5) is 5.82 Å². The van der Waals surface area contributed by atoms with E-state index in [1.807, 2.05) is 25.1 Å². The van der Waals surface area contributed by atoms with Gasteiger partial charge in [-0.05, 0) is 31.2 Å². The van der Waals surface area contributed by atoms with Gasteiger partial charge in [-0.1, -0.05) is 11.6 Å². The predicted octanol–water partition coefficient (Wildman–Crippen LogP) is 3.77. The van der Waals surface area contributed by atoms with E-state index >= 15 is 0 Å². The van der Waals surface area contributed by atoms with Crippen LogP contribution >= 0.6 is 22.9 Å². The maximum Gasteiger partial charge on any atom is 0.144 e. The summed E-state index contributed by atoms with van der Waals surface area (Å²) in [5, 5.41) is 12.0. The third kappa shape index (κ3) is 2.57. The first-order valence-electron chi connectivity index (χ1n) is 5.15. The van der Waals surface area contributed by atoms with Crippen molar-refractivity contribution in [3.8, 4) is 16.6 Å². The molecule has 0 saturated carbocycles. The van der Waals surface area contributed by atoms with E-state index in [-0.39, 0.29) is 0 Å². The number of pyridine rings is 1. The van der Waals surface area contributed by atoms with Gasteiger partial charge in [0, 0.05) is 6.54 Å². The lowest BCUT2D eigenvalue weighted by Crippen LogP contribution is -2.02. The molecule has 2 aromatic heterocycles. The Morgan fingerprint density at radius 2 is 2.24 bits per heavy atom. The quantitative estimate of drug-likeness (QED) is 0.917. The van der Waals surface area contributed by atoms with Gasteiger partial charge in [-0.15, -0.1) is 11.3 Å². The van der Waals surface area contributed by atoms with Crippen molar-refractivity contribution < 1.29 is 0 Å². The zero-order valence-corrected chi connectivity index (χ0v) is 10.8. The highest BCUT2D eigenvalue weighted by Crippen LogP contribution is 2.30. The van der Waals surface area contributed by atoms with Crippen molar-refractivity contribution in [3.05, 3.63) is 34.2 Å². The fourth-order valence-corrected chi connectivity index (χ4v) is 2.45. The Morgan fingerprint density at radius 3 is 2.82 bits per heavy atom. The second-order valence-electron chi connectivity index (χ2n) is 3.34. The Labute approximate surface area is 109 Å². The summed E-state index contributed by atoms with van der Waals surface area (Å²) in [6.07, 6.45) is 0. The molecule has 0 aliphatic heterocycles. The summed E-state index contributed by atoms with van der Waals surface area (Å²) < 4.78 is 0.733. The maximum absolute atomic E-state index is 8.96. The highest BCUT2D eigenvalue weighted by Gasteiger charge is 2.07. The van der Waals surface area contributed by atoms with Crippen molar-refractivity contribution in [1.82, 2.24) is 4.98 Å². The van der Waals surface area contributed by atoms with E-state index in [9.17, 15) is 0 Å². The fraction of sp³-hybridized carbons (Fsp3) is 0.167.